The standard InChI is InChI=1S/C16H33N3/c1-4-5-6-11-19-14-15(7-8-16(19,2)3)18-12-9-17-10-13-18/h15,17H,4-14H2,1-3H3. The molecule has 1 unspecified atom stereocenters. The Labute approximate surface area is 119 Å². The van der Waals surface area contributed by atoms with Crippen LogP contribution >= 0.6 is 0 Å². The molecule has 0 saturated carbocycles. The third-order valence-corrected chi connectivity index (χ3v) is 5.08. The maximum Gasteiger partial charge on any atom is 0.0225 e. The number of rotatable bonds is 5. The first-order chi connectivity index (χ1) is 9.13. The number of likely N-dealkylation sites (tertiary alicyclic amines) is 1. The van der Waals surface area contributed by atoms with Gasteiger partial charge in [-0.05, 0) is 39.7 Å². The zero-order chi connectivity index (χ0) is 13.7. The molecule has 2 aliphatic heterocycles. The molecule has 0 bridgehead atoms. The van der Waals surface area contributed by atoms with Gasteiger partial charge in [-0.15, -0.1) is 0 Å². The Bertz CT molecular complexity index is 259. The molecule has 1 atom stereocenters. The molecular formula is C16H33N3. The molecular weight excluding hydrogens is 234 g/mol. The monoisotopic (exact) mass is 267 g/mol. The van der Waals surface area contributed by atoms with Crippen molar-refractivity contribution in [3.05, 3.63) is 0 Å². The van der Waals surface area contributed by atoms with E-state index in [4.69, 9.17) is 0 Å². The van der Waals surface area contributed by atoms with Crippen molar-refractivity contribution in [2.45, 2.75) is 64.5 Å². The van der Waals surface area contributed by atoms with E-state index >= 15 is 0 Å². The largest absolute Gasteiger partial charge is 0.314 e. The predicted molar refractivity (Wildman–Crippen MR) is 82.6 cm³/mol. The SMILES string of the molecule is CCCCCN1CC(N2CCNCC2)CCC1(C)C. The van der Waals surface area contributed by atoms with Crippen LogP contribution in [-0.2, 0) is 0 Å². The van der Waals surface area contributed by atoms with Crippen LogP contribution in [-0.4, -0.2) is 60.6 Å². The lowest BCUT2D eigenvalue weighted by Crippen LogP contribution is -2.59. The van der Waals surface area contributed by atoms with Crippen molar-refractivity contribution in [3.8, 4) is 0 Å². The minimum Gasteiger partial charge on any atom is -0.314 e. The lowest BCUT2D eigenvalue weighted by atomic mass is 9.87. The number of hydrogen-bond donors (Lipinski definition) is 1. The number of nitrogens with zero attached hydrogens (tertiary/aromatic N) is 2. The van der Waals surface area contributed by atoms with Crippen molar-refractivity contribution in [2.75, 3.05) is 39.3 Å². The molecule has 2 fully saturated rings. The Morgan fingerprint density at radius 2 is 1.89 bits per heavy atom. The fourth-order valence-corrected chi connectivity index (χ4v) is 3.56. The molecule has 3 heteroatoms. The average Bonchev–Trinajstić information content (AvgIpc) is 2.42. The lowest BCUT2D eigenvalue weighted by molar-refractivity contribution is 0.0113. The Kier molecular flexibility index (Phi) is 5.67. The summed E-state index contributed by atoms with van der Waals surface area (Å²) in [4.78, 5) is 5.48. The number of nitrogens with one attached hydrogen (secondary N) is 1. The summed E-state index contributed by atoms with van der Waals surface area (Å²) in [5, 5.41) is 3.47. The van der Waals surface area contributed by atoms with Gasteiger partial charge in [0, 0.05) is 44.3 Å². The molecule has 0 aromatic rings. The molecule has 0 aromatic heterocycles. The Morgan fingerprint density at radius 3 is 2.58 bits per heavy atom. The summed E-state index contributed by atoms with van der Waals surface area (Å²) in [7, 11) is 0. The highest BCUT2D eigenvalue weighted by atomic mass is 15.3. The maximum absolute atomic E-state index is 3.47. The number of hydrogen-bond acceptors (Lipinski definition) is 3. The predicted octanol–water partition coefficient (Wildman–Crippen LogP) is 2.32. The van der Waals surface area contributed by atoms with Crippen LogP contribution in [0, 0.1) is 0 Å². The lowest BCUT2D eigenvalue weighted by Gasteiger charge is -2.49. The summed E-state index contributed by atoms with van der Waals surface area (Å²) in [6, 6.07) is 0.803. The van der Waals surface area contributed by atoms with Gasteiger partial charge in [0.05, 0.1) is 0 Å². The Hall–Kier alpha value is -0.120. The van der Waals surface area contributed by atoms with Gasteiger partial charge in [-0.1, -0.05) is 19.8 Å². The van der Waals surface area contributed by atoms with Crippen molar-refractivity contribution in [1.29, 1.82) is 0 Å². The quantitative estimate of drug-likeness (QED) is 0.771. The number of unbranched alkanes of at least 4 members (excludes halogenated alkanes) is 2. The zero-order valence-electron chi connectivity index (χ0n) is 13.2. The molecule has 19 heavy (non-hydrogen) atoms. The van der Waals surface area contributed by atoms with Crippen LogP contribution in [0.1, 0.15) is 52.9 Å². The highest BCUT2D eigenvalue weighted by molar-refractivity contribution is 4.93. The van der Waals surface area contributed by atoms with E-state index in [1.807, 2.05) is 0 Å². The first-order valence-electron chi connectivity index (χ1n) is 8.33. The second kappa shape index (κ2) is 7.05. The molecule has 0 aliphatic carbocycles. The van der Waals surface area contributed by atoms with E-state index in [0.29, 0.717) is 5.54 Å². The molecule has 2 rings (SSSR count). The third-order valence-electron chi connectivity index (χ3n) is 5.08. The fraction of sp³-hybridized carbons (Fsp3) is 1.00. The highest BCUT2D eigenvalue weighted by Crippen LogP contribution is 2.30. The van der Waals surface area contributed by atoms with E-state index < -0.39 is 0 Å². The molecule has 0 amide bonds. The summed E-state index contributed by atoms with van der Waals surface area (Å²) in [5.74, 6) is 0. The van der Waals surface area contributed by atoms with Crippen molar-refractivity contribution in [2.24, 2.45) is 0 Å². The molecule has 112 valence electrons. The van der Waals surface area contributed by atoms with Crippen molar-refractivity contribution >= 4 is 0 Å². The maximum atomic E-state index is 3.47. The first kappa shape index (κ1) is 15.3. The van der Waals surface area contributed by atoms with Crippen LogP contribution < -0.4 is 5.32 Å². The third kappa shape index (κ3) is 4.17. The highest BCUT2D eigenvalue weighted by Gasteiger charge is 2.35. The van der Waals surface area contributed by atoms with Crippen molar-refractivity contribution in [3.63, 3.8) is 0 Å². The van der Waals surface area contributed by atoms with Gasteiger partial charge >= 0.3 is 0 Å². The topological polar surface area (TPSA) is 18.5 Å². The molecule has 2 aliphatic rings. The second-order valence-electron chi connectivity index (χ2n) is 6.94. The van der Waals surface area contributed by atoms with Crippen LogP contribution in [0.15, 0.2) is 0 Å². The molecule has 0 spiro atoms. The van der Waals surface area contributed by atoms with Crippen LogP contribution in [0.5, 0.6) is 0 Å². The summed E-state index contributed by atoms with van der Waals surface area (Å²) in [5.41, 5.74) is 0.415. The van der Waals surface area contributed by atoms with Gasteiger partial charge in [0.2, 0.25) is 0 Å². The van der Waals surface area contributed by atoms with Crippen LogP contribution in [0.25, 0.3) is 0 Å². The van der Waals surface area contributed by atoms with Gasteiger partial charge in [-0.25, -0.2) is 0 Å². The molecule has 1 N–H and O–H groups in total. The summed E-state index contributed by atoms with van der Waals surface area (Å²) in [6.07, 6.45) is 6.82. The average molecular weight is 267 g/mol. The van der Waals surface area contributed by atoms with E-state index in [-0.39, 0.29) is 0 Å². The minimum atomic E-state index is 0.415. The smallest absolute Gasteiger partial charge is 0.0225 e. The summed E-state index contributed by atoms with van der Waals surface area (Å²) in [6.45, 7) is 14.6. The van der Waals surface area contributed by atoms with E-state index in [9.17, 15) is 0 Å². The van der Waals surface area contributed by atoms with Gasteiger partial charge in [0.25, 0.3) is 0 Å². The molecule has 0 aromatic carbocycles. The minimum absolute atomic E-state index is 0.415. The van der Waals surface area contributed by atoms with Crippen molar-refractivity contribution in [1.82, 2.24) is 15.1 Å². The summed E-state index contributed by atoms with van der Waals surface area (Å²) >= 11 is 0. The fourth-order valence-electron chi connectivity index (χ4n) is 3.56. The second-order valence-corrected chi connectivity index (χ2v) is 6.94. The van der Waals surface area contributed by atoms with Crippen LogP contribution in [0.2, 0.25) is 0 Å². The van der Waals surface area contributed by atoms with E-state index in [2.05, 4.69) is 35.9 Å². The van der Waals surface area contributed by atoms with Crippen LogP contribution in [0.4, 0.5) is 0 Å². The van der Waals surface area contributed by atoms with E-state index in [0.717, 1.165) is 6.04 Å². The first-order valence-corrected chi connectivity index (χ1v) is 8.33. The molecule has 3 nitrogen and oxygen atoms in total. The normalized spacial score (nSPS) is 29.5. The van der Waals surface area contributed by atoms with E-state index in [1.54, 1.807) is 0 Å². The molecule has 2 heterocycles. The van der Waals surface area contributed by atoms with Gasteiger partial charge in [-0.3, -0.25) is 9.80 Å². The molecule has 2 saturated heterocycles. The Morgan fingerprint density at radius 1 is 1.16 bits per heavy atom. The Balaban J connectivity index is 1.87. The summed E-state index contributed by atoms with van der Waals surface area (Å²) < 4.78 is 0. The van der Waals surface area contributed by atoms with Gasteiger partial charge in [-0.2, -0.15) is 0 Å². The zero-order valence-corrected chi connectivity index (χ0v) is 13.2. The van der Waals surface area contributed by atoms with Crippen molar-refractivity contribution < 1.29 is 0 Å². The van der Waals surface area contributed by atoms with Gasteiger partial charge in [0.15, 0.2) is 0 Å². The number of piperazine rings is 1. The van der Waals surface area contributed by atoms with Gasteiger partial charge in [0.1, 0.15) is 0 Å². The number of piperidine rings is 1. The van der Waals surface area contributed by atoms with E-state index in [1.165, 1.54) is 71.4 Å². The van der Waals surface area contributed by atoms with Crippen LogP contribution in [0.3, 0.4) is 0 Å². The van der Waals surface area contributed by atoms with Gasteiger partial charge < -0.3 is 5.32 Å². The molecule has 0 radical (unpaired) electrons.